The number of piperidine rings is 1. The number of ether oxygens (including phenoxy) is 1. The van der Waals surface area contributed by atoms with E-state index in [9.17, 15) is 9.18 Å². The molecule has 2 heterocycles. The van der Waals surface area contributed by atoms with Crippen molar-refractivity contribution in [3.63, 3.8) is 0 Å². The first-order valence-corrected chi connectivity index (χ1v) is 9.70. The number of methoxy groups -OCH3 is 1. The number of fused-ring (bicyclic) bond motifs is 1. The Bertz CT molecular complexity index is 1050. The van der Waals surface area contributed by atoms with E-state index < -0.39 is 0 Å². The van der Waals surface area contributed by atoms with Crippen LogP contribution in [-0.2, 0) is 6.54 Å². The summed E-state index contributed by atoms with van der Waals surface area (Å²) in [7, 11) is 1.63. The van der Waals surface area contributed by atoms with E-state index in [1.54, 1.807) is 32.2 Å². The van der Waals surface area contributed by atoms with Gasteiger partial charge in [0.1, 0.15) is 22.9 Å². The van der Waals surface area contributed by atoms with Crippen LogP contribution in [0.4, 0.5) is 4.39 Å². The van der Waals surface area contributed by atoms with Gasteiger partial charge in [-0.25, -0.2) is 4.39 Å². The summed E-state index contributed by atoms with van der Waals surface area (Å²) in [6.45, 7) is 4.48. The minimum atomic E-state index is -0.322. The van der Waals surface area contributed by atoms with Crippen LogP contribution in [0.3, 0.4) is 0 Å². The van der Waals surface area contributed by atoms with Gasteiger partial charge in [-0.3, -0.25) is 9.69 Å². The predicted octanol–water partition coefficient (Wildman–Crippen LogP) is 4.90. The van der Waals surface area contributed by atoms with Gasteiger partial charge in [-0.15, -0.1) is 0 Å². The van der Waals surface area contributed by atoms with Crippen LogP contribution in [0.15, 0.2) is 45.6 Å². The molecule has 1 aromatic heterocycles. The zero-order chi connectivity index (χ0) is 19.7. The largest absolute Gasteiger partial charge is 0.496 e. The summed E-state index contributed by atoms with van der Waals surface area (Å²) < 4.78 is 25.2. The van der Waals surface area contributed by atoms with E-state index in [0.717, 1.165) is 24.4 Å². The summed E-state index contributed by atoms with van der Waals surface area (Å²) in [6.07, 6.45) is 3.61. The lowest BCUT2D eigenvalue weighted by Gasteiger charge is -2.27. The average molecular weight is 381 g/mol. The first-order valence-electron chi connectivity index (χ1n) is 9.70. The normalized spacial score (nSPS) is 15.1. The smallest absolute Gasteiger partial charge is 0.196 e. The molecular formula is C23H24FNO3. The monoisotopic (exact) mass is 381 g/mol. The maximum Gasteiger partial charge on any atom is 0.196 e. The van der Waals surface area contributed by atoms with E-state index in [1.165, 1.54) is 31.4 Å². The Morgan fingerprint density at radius 2 is 1.79 bits per heavy atom. The number of nitrogens with zero attached hydrogens (tertiary/aromatic N) is 1. The molecule has 4 rings (SSSR count). The second kappa shape index (κ2) is 7.76. The maximum absolute atomic E-state index is 13.3. The van der Waals surface area contributed by atoms with Gasteiger partial charge < -0.3 is 9.15 Å². The number of likely N-dealkylation sites (tertiary alicyclic amines) is 1. The van der Waals surface area contributed by atoms with E-state index in [2.05, 4.69) is 4.90 Å². The lowest BCUT2D eigenvalue weighted by molar-refractivity contribution is 0.218. The van der Waals surface area contributed by atoms with Crippen molar-refractivity contribution in [1.29, 1.82) is 0 Å². The molecular weight excluding hydrogens is 357 g/mol. The minimum absolute atomic E-state index is 0.0666. The highest BCUT2D eigenvalue weighted by atomic mass is 19.1. The fourth-order valence-corrected chi connectivity index (χ4v) is 3.95. The van der Waals surface area contributed by atoms with Crippen LogP contribution < -0.4 is 10.2 Å². The molecule has 3 aromatic rings. The van der Waals surface area contributed by atoms with Gasteiger partial charge in [0.25, 0.3) is 0 Å². The summed E-state index contributed by atoms with van der Waals surface area (Å²) in [6, 6.07) is 9.63. The second-order valence-corrected chi connectivity index (χ2v) is 7.35. The molecule has 0 N–H and O–H groups in total. The highest BCUT2D eigenvalue weighted by Crippen LogP contribution is 2.33. The molecule has 0 saturated carbocycles. The molecule has 0 atom stereocenters. The fraction of sp³-hybridized carbons (Fsp3) is 0.348. The van der Waals surface area contributed by atoms with Crippen LogP contribution in [0.1, 0.15) is 30.4 Å². The van der Waals surface area contributed by atoms with Crippen LogP contribution >= 0.6 is 0 Å². The lowest BCUT2D eigenvalue weighted by Crippen LogP contribution is -2.29. The molecule has 0 aliphatic carbocycles. The molecule has 1 aliphatic rings. The molecule has 0 unspecified atom stereocenters. The van der Waals surface area contributed by atoms with E-state index in [4.69, 9.17) is 9.15 Å². The molecule has 1 aliphatic heterocycles. The molecule has 0 spiro atoms. The standard InChI is InChI=1S/C23H24FNO3/c1-15-21(26)18-10-11-20(27-2)19(14-25-12-4-3-5-13-25)23(18)28-22(15)16-6-8-17(24)9-7-16/h6-11H,3-5,12-14H2,1-2H3. The minimum Gasteiger partial charge on any atom is -0.496 e. The van der Waals surface area contributed by atoms with Gasteiger partial charge in [-0.05, 0) is 69.3 Å². The highest BCUT2D eigenvalue weighted by molar-refractivity contribution is 5.85. The number of benzene rings is 2. The van der Waals surface area contributed by atoms with Gasteiger partial charge >= 0.3 is 0 Å². The Kier molecular flexibility index (Phi) is 5.18. The van der Waals surface area contributed by atoms with Crippen LogP contribution in [-0.4, -0.2) is 25.1 Å². The Labute approximate surface area is 163 Å². The molecule has 5 heteroatoms. The van der Waals surface area contributed by atoms with Gasteiger partial charge in [0.05, 0.1) is 18.1 Å². The predicted molar refractivity (Wildman–Crippen MR) is 108 cm³/mol. The Hall–Kier alpha value is -2.66. The molecule has 146 valence electrons. The van der Waals surface area contributed by atoms with Gasteiger partial charge in [-0.1, -0.05) is 6.42 Å². The quantitative estimate of drug-likeness (QED) is 0.645. The summed E-state index contributed by atoms with van der Waals surface area (Å²) in [5, 5.41) is 0.552. The van der Waals surface area contributed by atoms with Crippen molar-refractivity contribution in [3.8, 4) is 17.1 Å². The van der Waals surface area contributed by atoms with Crippen molar-refractivity contribution in [2.45, 2.75) is 32.7 Å². The van der Waals surface area contributed by atoms with Crippen molar-refractivity contribution < 1.29 is 13.5 Å². The van der Waals surface area contributed by atoms with Gasteiger partial charge in [-0.2, -0.15) is 0 Å². The molecule has 0 bridgehead atoms. The Morgan fingerprint density at radius 3 is 2.46 bits per heavy atom. The molecule has 28 heavy (non-hydrogen) atoms. The third-order valence-electron chi connectivity index (χ3n) is 5.50. The summed E-state index contributed by atoms with van der Waals surface area (Å²) in [5.41, 5.74) is 2.59. The summed E-state index contributed by atoms with van der Waals surface area (Å²) >= 11 is 0. The molecule has 4 nitrogen and oxygen atoms in total. The summed E-state index contributed by atoms with van der Waals surface area (Å²) in [4.78, 5) is 15.4. The first-order chi connectivity index (χ1) is 13.6. The van der Waals surface area contributed by atoms with Gasteiger partial charge in [0, 0.05) is 17.7 Å². The number of rotatable bonds is 4. The second-order valence-electron chi connectivity index (χ2n) is 7.35. The molecule has 2 aromatic carbocycles. The van der Waals surface area contributed by atoms with Gasteiger partial charge in [0.15, 0.2) is 5.43 Å². The third kappa shape index (κ3) is 3.42. The topological polar surface area (TPSA) is 42.7 Å². The zero-order valence-electron chi connectivity index (χ0n) is 16.3. The van der Waals surface area contributed by atoms with Crippen molar-refractivity contribution in [3.05, 3.63) is 63.6 Å². The zero-order valence-corrected chi connectivity index (χ0v) is 16.3. The first kappa shape index (κ1) is 18.7. The molecule has 0 radical (unpaired) electrons. The molecule has 0 amide bonds. The van der Waals surface area contributed by atoms with Crippen molar-refractivity contribution in [2.24, 2.45) is 0 Å². The van der Waals surface area contributed by atoms with Crippen LogP contribution in [0.25, 0.3) is 22.3 Å². The van der Waals surface area contributed by atoms with Crippen molar-refractivity contribution in [1.82, 2.24) is 4.90 Å². The van der Waals surface area contributed by atoms with Crippen molar-refractivity contribution in [2.75, 3.05) is 20.2 Å². The van der Waals surface area contributed by atoms with Crippen LogP contribution in [0, 0.1) is 12.7 Å². The Morgan fingerprint density at radius 1 is 1.07 bits per heavy atom. The number of hydrogen-bond donors (Lipinski definition) is 0. The SMILES string of the molecule is COc1ccc2c(=O)c(C)c(-c3ccc(F)cc3)oc2c1CN1CCCCC1. The number of halogens is 1. The average Bonchev–Trinajstić information content (AvgIpc) is 2.72. The van der Waals surface area contributed by atoms with Crippen LogP contribution in [0.5, 0.6) is 5.75 Å². The molecule has 1 fully saturated rings. The Balaban J connectivity index is 1.91. The highest BCUT2D eigenvalue weighted by Gasteiger charge is 2.20. The van der Waals surface area contributed by atoms with E-state index >= 15 is 0 Å². The third-order valence-corrected chi connectivity index (χ3v) is 5.50. The number of hydrogen-bond acceptors (Lipinski definition) is 4. The van der Waals surface area contributed by atoms with E-state index in [-0.39, 0.29) is 11.2 Å². The van der Waals surface area contributed by atoms with Crippen LogP contribution in [0.2, 0.25) is 0 Å². The lowest BCUT2D eigenvalue weighted by atomic mass is 10.0. The fourth-order valence-electron chi connectivity index (χ4n) is 3.95. The van der Waals surface area contributed by atoms with E-state index in [1.807, 2.05) is 6.07 Å². The van der Waals surface area contributed by atoms with Gasteiger partial charge in [0.2, 0.25) is 0 Å². The molecule has 1 saturated heterocycles. The van der Waals surface area contributed by atoms with E-state index in [0.29, 0.717) is 34.4 Å². The van der Waals surface area contributed by atoms with Crippen molar-refractivity contribution >= 4 is 11.0 Å². The maximum atomic E-state index is 13.3. The summed E-state index contributed by atoms with van der Waals surface area (Å²) in [5.74, 6) is 0.873.